The fraction of sp³-hybridized carbons (Fsp3) is 0.471. The SMILES string of the molecule is COCOc1ccc(C2=CCC(C)C(=O)N2CC(F)F)c(C)c1. The maximum atomic E-state index is 12.9. The standard InChI is InChI=1S/C17H21F2NO3/c1-11-4-7-15(20(17(11)21)9-16(18)19)14-6-5-13(8-12(14)2)23-10-22-3/h5-8,11,16H,4,9-10H2,1-3H3. The second-order valence-electron chi connectivity index (χ2n) is 5.59. The summed E-state index contributed by atoms with van der Waals surface area (Å²) in [4.78, 5) is 13.5. The summed E-state index contributed by atoms with van der Waals surface area (Å²) in [6, 6.07) is 5.33. The summed E-state index contributed by atoms with van der Waals surface area (Å²) < 4.78 is 35.9. The molecule has 0 saturated heterocycles. The Labute approximate surface area is 134 Å². The lowest BCUT2D eigenvalue weighted by atomic mass is 9.95. The maximum absolute atomic E-state index is 12.9. The van der Waals surface area contributed by atoms with Crippen molar-refractivity contribution in [3.8, 4) is 5.75 Å². The van der Waals surface area contributed by atoms with Gasteiger partial charge in [0.25, 0.3) is 6.43 Å². The number of ether oxygens (including phenoxy) is 2. The van der Waals surface area contributed by atoms with E-state index in [1.807, 2.05) is 13.0 Å². The number of hydrogen-bond donors (Lipinski definition) is 0. The van der Waals surface area contributed by atoms with Gasteiger partial charge in [-0.05, 0) is 37.1 Å². The highest BCUT2D eigenvalue weighted by molar-refractivity contribution is 5.91. The van der Waals surface area contributed by atoms with Crippen molar-refractivity contribution < 1.29 is 23.0 Å². The highest BCUT2D eigenvalue weighted by Crippen LogP contribution is 2.32. The molecule has 0 saturated carbocycles. The molecule has 1 atom stereocenters. The lowest BCUT2D eigenvalue weighted by Gasteiger charge is -2.32. The molecule has 1 aliphatic heterocycles. The van der Waals surface area contributed by atoms with Crippen LogP contribution in [0.2, 0.25) is 0 Å². The molecule has 1 aliphatic rings. The number of halogens is 2. The van der Waals surface area contributed by atoms with Crippen molar-refractivity contribution in [3.05, 3.63) is 35.4 Å². The van der Waals surface area contributed by atoms with Crippen LogP contribution in [0.5, 0.6) is 5.75 Å². The van der Waals surface area contributed by atoms with Crippen molar-refractivity contribution in [3.63, 3.8) is 0 Å². The first-order valence-corrected chi connectivity index (χ1v) is 7.46. The van der Waals surface area contributed by atoms with E-state index < -0.39 is 13.0 Å². The van der Waals surface area contributed by atoms with Crippen LogP contribution in [0, 0.1) is 12.8 Å². The van der Waals surface area contributed by atoms with E-state index in [4.69, 9.17) is 9.47 Å². The molecule has 1 aromatic rings. The molecule has 6 heteroatoms. The first kappa shape index (κ1) is 17.4. The van der Waals surface area contributed by atoms with Crippen LogP contribution >= 0.6 is 0 Å². The molecule has 1 heterocycles. The third-order valence-corrected chi connectivity index (χ3v) is 3.78. The van der Waals surface area contributed by atoms with Gasteiger partial charge >= 0.3 is 0 Å². The highest BCUT2D eigenvalue weighted by atomic mass is 19.3. The Morgan fingerprint density at radius 2 is 2.13 bits per heavy atom. The number of methoxy groups -OCH3 is 1. The predicted octanol–water partition coefficient (Wildman–Crippen LogP) is 3.45. The zero-order valence-corrected chi connectivity index (χ0v) is 13.5. The van der Waals surface area contributed by atoms with E-state index in [0.29, 0.717) is 17.9 Å². The molecule has 1 aromatic carbocycles. The van der Waals surface area contributed by atoms with E-state index in [1.54, 1.807) is 25.1 Å². The number of rotatable bonds is 6. The van der Waals surface area contributed by atoms with Crippen LogP contribution in [0.25, 0.3) is 5.70 Å². The van der Waals surface area contributed by atoms with Crippen LogP contribution in [0.1, 0.15) is 24.5 Å². The largest absolute Gasteiger partial charge is 0.468 e. The number of carbonyl (C=O) groups excluding carboxylic acids is 1. The van der Waals surface area contributed by atoms with Crippen molar-refractivity contribution >= 4 is 11.6 Å². The predicted molar refractivity (Wildman–Crippen MR) is 83.2 cm³/mol. The summed E-state index contributed by atoms with van der Waals surface area (Å²) in [7, 11) is 1.53. The molecule has 2 rings (SSSR count). The third-order valence-electron chi connectivity index (χ3n) is 3.78. The Bertz CT molecular complexity index is 602. The average Bonchev–Trinajstić information content (AvgIpc) is 2.50. The Kier molecular flexibility index (Phi) is 5.71. The van der Waals surface area contributed by atoms with E-state index in [0.717, 1.165) is 11.1 Å². The molecule has 1 amide bonds. The van der Waals surface area contributed by atoms with Crippen LogP contribution in [-0.2, 0) is 9.53 Å². The van der Waals surface area contributed by atoms with Crippen LogP contribution in [0.15, 0.2) is 24.3 Å². The Hall–Kier alpha value is -1.95. The van der Waals surface area contributed by atoms with Gasteiger partial charge in [-0.2, -0.15) is 0 Å². The lowest BCUT2D eigenvalue weighted by Crippen LogP contribution is -2.39. The number of hydrogen-bond acceptors (Lipinski definition) is 3. The van der Waals surface area contributed by atoms with E-state index in [2.05, 4.69) is 0 Å². The number of nitrogens with zero attached hydrogens (tertiary/aromatic N) is 1. The minimum Gasteiger partial charge on any atom is -0.468 e. The van der Waals surface area contributed by atoms with Gasteiger partial charge in [-0.3, -0.25) is 4.79 Å². The molecule has 0 aliphatic carbocycles. The van der Waals surface area contributed by atoms with Gasteiger partial charge in [-0.1, -0.05) is 13.0 Å². The molecule has 23 heavy (non-hydrogen) atoms. The number of aryl methyl sites for hydroxylation is 1. The van der Waals surface area contributed by atoms with Crippen molar-refractivity contribution in [1.29, 1.82) is 0 Å². The van der Waals surface area contributed by atoms with Gasteiger partial charge in [0.15, 0.2) is 6.79 Å². The van der Waals surface area contributed by atoms with Gasteiger partial charge in [-0.25, -0.2) is 8.78 Å². The molecule has 0 radical (unpaired) electrons. The minimum atomic E-state index is -2.57. The number of alkyl halides is 2. The molecule has 0 bridgehead atoms. The van der Waals surface area contributed by atoms with Gasteiger partial charge in [0.1, 0.15) is 5.75 Å². The lowest BCUT2D eigenvalue weighted by molar-refractivity contribution is -0.133. The number of benzene rings is 1. The van der Waals surface area contributed by atoms with Crippen molar-refractivity contribution in [2.45, 2.75) is 26.7 Å². The van der Waals surface area contributed by atoms with Crippen LogP contribution in [0.3, 0.4) is 0 Å². The molecule has 126 valence electrons. The zero-order chi connectivity index (χ0) is 17.0. The Balaban J connectivity index is 2.32. The zero-order valence-electron chi connectivity index (χ0n) is 13.5. The topological polar surface area (TPSA) is 38.8 Å². The molecule has 0 aromatic heterocycles. The average molecular weight is 325 g/mol. The summed E-state index contributed by atoms with van der Waals surface area (Å²) in [5.74, 6) is 0.0913. The fourth-order valence-corrected chi connectivity index (χ4v) is 2.61. The summed E-state index contributed by atoms with van der Waals surface area (Å²) in [6.45, 7) is 3.16. The molecule has 0 fully saturated rings. The smallest absolute Gasteiger partial charge is 0.256 e. The first-order chi connectivity index (χ1) is 10.9. The maximum Gasteiger partial charge on any atom is 0.256 e. The van der Waals surface area contributed by atoms with E-state index in [9.17, 15) is 13.6 Å². The molecule has 0 spiro atoms. The van der Waals surface area contributed by atoms with Crippen molar-refractivity contribution in [2.24, 2.45) is 5.92 Å². The van der Waals surface area contributed by atoms with Crippen molar-refractivity contribution in [1.82, 2.24) is 4.90 Å². The molecular weight excluding hydrogens is 304 g/mol. The van der Waals surface area contributed by atoms with E-state index in [1.165, 1.54) is 12.0 Å². The Morgan fingerprint density at radius 3 is 2.74 bits per heavy atom. The van der Waals surface area contributed by atoms with Crippen LogP contribution in [0.4, 0.5) is 8.78 Å². The van der Waals surface area contributed by atoms with Gasteiger partial charge in [0, 0.05) is 24.3 Å². The van der Waals surface area contributed by atoms with E-state index in [-0.39, 0.29) is 18.6 Å². The third kappa shape index (κ3) is 4.07. The van der Waals surface area contributed by atoms with Gasteiger partial charge < -0.3 is 14.4 Å². The fourth-order valence-electron chi connectivity index (χ4n) is 2.61. The number of carbonyl (C=O) groups is 1. The summed E-state index contributed by atoms with van der Waals surface area (Å²) in [5.41, 5.74) is 2.16. The van der Waals surface area contributed by atoms with E-state index >= 15 is 0 Å². The number of allylic oxidation sites excluding steroid dienone is 1. The molecule has 1 unspecified atom stereocenters. The Morgan fingerprint density at radius 1 is 1.39 bits per heavy atom. The normalized spacial score (nSPS) is 18.3. The second kappa shape index (κ2) is 7.55. The molecule has 4 nitrogen and oxygen atoms in total. The molecule has 0 N–H and O–H groups in total. The highest BCUT2D eigenvalue weighted by Gasteiger charge is 2.30. The number of amides is 1. The summed E-state index contributed by atoms with van der Waals surface area (Å²) in [5, 5.41) is 0. The van der Waals surface area contributed by atoms with Gasteiger partial charge in [0.2, 0.25) is 5.91 Å². The van der Waals surface area contributed by atoms with Crippen LogP contribution in [-0.4, -0.2) is 37.7 Å². The summed E-state index contributed by atoms with van der Waals surface area (Å²) >= 11 is 0. The van der Waals surface area contributed by atoms with Gasteiger partial charge in [0.05, 0.1) is 6.54 Å². The van der Waals surface area contributed by atoms with Crippen LogP contribution < -0.4 is 4.74 Å². The quantitative estimate of drug-likeness (QED) is 0.752. The monoisotopic (exact) mass is 325 g/mol. The first-order valence-electron chi connectivity index (χ1n) is 7.46. The van der Waals surface area contributed by atoms with Gasteiger partial charge in [-0.15, -0.1) is 0 Å². The minimum absolute atomic E-state index is 0.134. The summed E-state index contributed by atoms with van der Waals surface area (Å²) in [6.07, 6.45) is -0.167. The second-order valence-corrected chi connectivity index (χ2v) is 5.59. The molecular formula is C17H21F2NO3. The van der Waals surface area contributed by atoms with Crippen molar-refractivity contribution in [2.75, 3.05) is 20.4 Å².